The summed E-state index contributed by atoms with van der Waals surface area (Å²) in [7, 11) is 0. The number of nitrogens with zero attached hydrogens (tertiary/aromatic N) is 3. The minimum Gasteiger partial charge on any atom is -0.262 e. The zero-order chi connectivity index (χ0) is 11.0. The summed E-state index contributed by atoms with van der Waals surface area (Å²) in [5, 5.41) is 7.61. The number of hydrogen-bond acceptors (Lipinski definition) is 5. The van der Waals surface area contributed by atoms with E-state index in [1.807, 2.05) is 25.1 Å². The maximum absolute atomic E-state index is 4.50. The topological polar surface area (TPSA) is 54.5 Å². The Hall–Kier alpha value is -1.40. The van der Waals surface area contributed by atoms with E-state index in [1.54, 1.807) is 11.3 Å². The van der Waals surface area contributed by atoms with Gasteiger partial charge in [0.2, 0.25) is 5.16 Å². The molecule has 0 aliphatic rings. The van der Waals surface area contributed by atoms with Crippen molar-refractivity contribution in [2.24, 2.45) is 0 Å². The monoisotopic (exact) mass is 248 g/mol. The molecule has 0 saturated carbocycles. The summed E-state index contributed by atoms with van der Waals surface area (Å²) in [5.41, 5.74) is 1.03. The van der Waals surface area contributed by atoms with Crippen molar-refractivity contribution in [3.05, 3.63) is 30.1 Å². The Morgan fingerprint density at radius 2 is 2.12 bits per heavy atom. The lowest BCUT2D eigenvalue weighted by Gasteiger charge is -1.86. The maximum Gasteiger partial charge on any atom is 0.215 e. The smallest absolute Gasteiger partial charge is 0.215 e. The molecule has 2 aromatic heterocycles. The highest BCUT2D eigenvalue weighted by Gasteiger charge is 2.07. The number of aromatic amines is 1. The van der Waals surface area contributed by atoms with Crippen molar-refractivity contribution in [3.8, 4) is 0 Å². The van der Waals surface area contributed by atoms with Gasteiger partial charge >= 0.3 is 0 Å². The van der Waals surface area contributed by atoms with Crippen molar-refractivity contribution in [2.75, 3.05) is 0 Å². The lowest BCUT2D eigenvalue weighted by Crippen LogP contribution is -1.74. The molecule has 0 amide bonds. The number of nitrogens with one attached hydrogen (secondary N) is 1. The zero-order valence-corrected chi connectivity index (χ0v) is 10.1. The first-order chi connectivity index (χ1) is 7.81. The second-order valence-electron chi connectivity index (χ2n) is 3.25. The van der Waals surface area contributed by atoms with Crippen LogP contribution in [0.2, 0.25) is 0 Å². The molecule has 0 bridgehead atoms. The van der Waals surface area contributed by atoms with Crippen molar-refractivity contribution in [1.29, 1.82) is 0 Å². The van der Waals surface area contributed by atoms with Crippen molar-refractivity contribution < 1.29 is 0 Å². The summed E-state index contributed by atoms with van der Waals surface area (Å²) in [6.45, 7) is 1.88. The van der Waals surface area contributed by atoms with Crippen molar-refractivity contribution in [1.82, 2.24) is 20.2 Å². The third-order valence-corrected chi connectivity index (χ3v) is 3.99. The molecular formula is C10H8N4S2. The predicted octanol–water partition coefficient (Wildman–Crippen LogP) is 2.87. The van der Waals surface area contributed by atoms with Crippen LogP contribution in [0.1, 0.15) is 5.82 Å². The van der Waals surface area contributed by atoms with Gasteiger partial charge in [0.05, 0.1) is 10.2 Å². The predicted molar refractivity (Wildman–Crippen MR) is 64.9 cm³/mol. The molecule has 0 atom stereocenters. The lowest BCUT2D eigenvalue weighted by atomic mass is 10.3. The van der Waals surface area contributed by atoms with Gasteiger partial charge in [-0.25, -0.2) is 9.97 Å². The third kappa shape index (κ3) is 1.81. The molecule has 80 valence electrons. The second kappa shape index (κ2) is 3.88. The molecule has 2 heterocycles. The van der Waals surface area contributed by atoms with E-state index in [0.717, 1.165) is 20.8 Å². The lowest BCUT2D eigenvalue weighted by molar-refractivity contribution is 0.968. The molecule has 0 spiro atoms. The average Bonchev–Trinajstić information content (AvgIpc) is 2.84. The Labute approximate surface area is 100 Å². The van der Waals surface area contributed by atoms with E-state index in [1.165, 1.54) is 16.5 Å². The van der Waals surface area contributed by atoms with Crippen molar-refractivity contribution in [2.45, 2.75) is 16.4 Å². The number of aryl methyl sites for hydroxylation is 1. The number of H-pyrrole nitrogens is 1. The number of benzene rings is 1. The van der Waals surface area contributed by atoms with Gasteiger partial charge in [0.15, 0.2) is 4.34 Å². The first-order valence-electron chi connectivity index (χ1n) is 4.74. The first-order valence-corrected chi connectivity index (χ1v) is 6.37. The van der Waals surface area contributed by atoms with E-state index in [4.69, 9.17) is 0 Å². The van der Waals surface area contributed by atoms with Crippen LogP contribution in [0.4, 0.5) is 0 Å². The normalized spacial score (nSPS) is 11.1. The number of hydrogen-bond donors (Lipinski definition) is 1. The van der Waals surface area contributed by atoms with Gasteiger partial charge in [0.1, 0.15) is 5.82 Å². The van der Waals surface area contributed by atoms with Crippen LogP contribution in [0.3, 0.4) is 0 Å². The second-order valence-corrected chi connectivity index (χ2v) is 5.50. The van der Waals surface area contributed by atoms with Gasteiger partial charge in [0, 0.05) is 0 Å². The van der Waals surface area contributed by atoms with Crippen molar-refractivity contribution >= 4 is 33.3 Å². The molecule has 0 fully saturated rings. The summed E-state index contributed by atoms with van der Waals surface area (Å²) in [6, 6.07) is 8.10. The Morgan fingerprint density at radius 1 is 1.25 bits per heavy atom. The van der Waals surface area contributed by atoms with E-state index in [-0.39, 0.29) is 0 Å². The summed E-state index contributed by atoms with van der Waals surface area (Å²) in [4.78, 5) is 8.74. The first kappa shape index (κ1) is 9.80. The van der Waals surface area contributed by atoms with E-state index in [2.05, 4.69) is 26.2 Å². The van der Waals surface area contributed by atoms with Crippen molar-refractivity contribution in [3.63, 3.8) is 0 Å². The molecular weight excluding hydrogens is 240 g/mol. The fourth-order valence-electron chi connectivity index (χ4n) is 1.34. The molecule has 0 unspecified atom stereocenters. The van der Waals surface area contributed by atoms with Crippen LogP contribution in [-0.4, -0.2) is 20.2 Å². The third-order valence-electron chi connectivity index (χ3n) is 2.03. The van der Waals surface area contributed by atoms with E-state index in [0.29, 0.717) is 0 Å². The Bertz CT molecular complexity index is 595. The fraction of sp³-hybridized carbons (Fsp3) is 0.100. The van der Waals surface area contributed by atoms with Gasteiger partial charge in [0.25, 0.3) is 0 Å². The quantitative estimate of drug-likeness (QED) is 0.757. The number of rotatable bonds is 2. The maximum atomic E-state index is 4.50. The van der Waals surface area contributed by atoms with E-state index < -0.39 is 0 Å². The molecule has 16 heavy (non-hydrogen) atoms. The minimum absolute atomic E-state index is 0.719. The number of thiazole rings is 1. The SMILES string of the molecule is Cc1nc(Sc2nc3ccccc3s2)n[nH]1. The highest BCUT2D eigenvalue weighted by Crippen LogP contribution is 2.32. The molecule has 1 N–H and O–H groups in total. The van der Waals surface area contributed by atoms with Gasteiger partial charge in [-0.3, -0.25) is 5.10 Å². The summed E-state index contributed by atoms with van der Waals surface area (Å²) >= 11 is 3.15. The highest BCUT2D eigenvalue weighted by atomic mass is 32.2. The van der Waals surface area contributed by atoms with Gasteiger partial charge in [-0.15, -0.1) is 16.4 Å². The molecule has 3 aromatic rings. The van der Waals surface area contributed by atoms with Crippen LogP contribution in [0.25, 0.3) is 10.2 Å². The molecule has 0 aliphatic heterocycles. The zero-order valence-electron chi connectivity index (χ0n) is 8.47. The van der Waals surface area contributed by atoms with Gasteiger partial charge in [-0.1, -0.05) is 12.1 Å². The Balaban J connectivity index is 1.95. The number of aromatic nitrogens is 4. The standard InChI is InChI=1S/C10H8N4S2/c1-6-11-9(14-13-6)16-10-12-7-4-2-3-5-8(7)15-10/h2-5H,1H3,(H,11,13,14). The van der Waals surface area contributed by atoms with Crippen LogP contribution < -0.4 is 0 Å². The molecule has 6 heteroatoms. The summed E-state index contributed by atoms with van der Waals surface area (Å²) in [5.74, 6) is 0.823. The van der Waals surface area contributed by atoms with Crippen LogP contribution in [-0.2, 0) is 0 Å². The Kier molecular flexibility index (Phi) is 2.37. The molecule has 4 nitrogen and oxygen atoms in total. The molecule has 0 saturated heterocycles. The van der Waals surface area contributed by atoms with Gasteiger partial charge < -0.3 is 0 Å². The van der Waals surface area contributed by atoms with E-state index >= 15 is 0 Å². The van der Waals surface area contributed by atoms with Crippen LogP contribution >= 0.6 is 23.1 Å². The largest absolute Gasteiger partial charge is 0.262 e. The highest BCUT2D eigenvalue weighted by molar-refractivity contribution is 8.01. The van der Waals surface area contributed by atoms with Crippen LogP contribution in [0.5, 0.6) is 0 Å². The summed E-state index contributed by atoms with van der Waals surface area (Å²) < 4.78 is 2.16. The molecule has 1 aromatic carbocycles. The molecule has 0 radical (unpaired) electrons. The van der Waals surface area contributed by atoms with Crippen LogP contribution in [0.15, 0.2) is 33.8 Å². The fourth-order valence-corrected chi connectivity index (χ4v) is 3.27. The average molecular weight is 248 g/mol. The van der Waals surface area contributed by atoms with Gasteiger partial charge in [-0.05, 0) is 30.8 Å². The summed E-state index contributed by atoms with van der Waals surface area (Å²) in [6.07, 6.45) is 0. The molecule has 3 rings (SSSR count). The number of para-hydroxylation sites is 1. The number of fused-ring (bicyclic) bond motifs is 1. The molecule has 0 aliphatic carbocycles. The van der Waals surface area contributed by atoms with Gasteiger partial charge in [-0.2, -0.15) is 0 Å². The Morgan fingerprint density at radius 3 is 2.88 bits per heavy atom. The van der Waals surface area contributed by atoms with Crippen LogP contribution in [0, 0.1) is 6.92 Å². The van der Waals surface area contributed by atoms with E-state index in [9.17, 15) is 0 Å². The minimum atomic E-state index is 0.719.